The average Bonchev–Trinajstić information content (AvgIpc) is 3.18. The van der Waals surface area contributed by atoms with Gasteiger partial charge in [-0.2, -0.15) is 0 Å². The minimum Gasteiger partial charge on any atom is -0.496 e. The summed E-state index contributed by atoms with van der Waals surface area (Å²) in [5.41, 5.74) is 2.63. The molecule has 1 aliphatic carbocycles. The van der Waals surface area contributed by atoms with Crippen LogP contribution in [0.2, 0.25) is 0 Å². The van der Waals surface area contributed by atoms with Gasteiger partial charge in [-0.15, -0.1) is 0 Å². The number of benzene rings is 4. The number of nitrogens with one attached hydrogen (secondary N) is 2. The van der Waals surface area contributed by atoms with E-state index >= 15 is 0 Å². The van der Waals surface area contributed by atoms with E-state index in [2.05, 4.69) is 10.6 Å². The molecule has 3 amide bonds. The van der Waals surface area contributed by atoms with Crippen LogP contribution in [0, 0.1) is 0 Å². The van der Waals surface area contributed by atoms with Gasteiger partial charge in [0.2, 0.25) is 11.8 Å². The first-order valence-electron chi connectivity index (χ1n) is 17.7. The van der Waals surface area contributed by atoms with Gasteiger partial charge in [-0.1, -0.05) is 97.1 Å². The first-order valence-corrected chi connectivity index (χ1v) is 17.7. The summed E-state index contributed by atoms with van der Waals surface area (Å²) < 4.78 is 10.8. The van der Waals surface area contributed by atoms with Crippen molar-refractivity contribution in [3.8, 4) is 5.75 Å². The van der Waals surface area contributed by atoms with Crippen LogP contribution in [0.3, 0.4) is 0 Å². The van der Waals surface area contributed by atoms with Crippen LogP contribution in [0.5, 0.6) is 5.75 Å². The molecule has 264 valence electrons. The van der Waals surface area contributed by atoms with E-state index in [1.165, 1.54) is 0 Å². The molecule has 6 rings (SSSR count). The third-order valence-corrected chi connectivity index (χ3v) is 10.2. The number of fused-ring (bicyclic) bond motifs is 1. The largest absolute Gasteiger partial charge is 0.496 e. The Balaban J connectivity index is 1.23. The molecule has 0 radical (unpaired) electrons. The third kappa shape index (κ3) is 7.53. The average molecular weight is 688 g/mol. The van der Waals surface area contributed by atoms with Gasteiger partial charge in [0.1, 0.15) is 11.8 Å². The highest BCUT2D eigenvalue weighted by Gasteiger charge is 2.49. The topological polar surface area (TPSA) is 114 Å². The minimum atomic E-state index is -1.13. The number of hydrogen-bond acceptors (Lipinski definition) is 6. The van der Waals surface area contributed by atoms with E-state index in [-0.39, 0.29) is 36.8 Å². The molecule has 0 bridgehead atoms. The Hall–Kier alpha value is -5.44. The van der Waals surface area contributed by atoms with Gasteiger partial charge in [-0.25, -0.2) is 4.79 Å². The van der Waals surface area contributed by atoms with Crippen LogP contribution in [0.15, 0.2) is 109 Å². The van der Waals surface area contributed by atoms with Crippen molar-refractivity contribution >= 4 is 23.7 Å². The minimum absolute atomic E-state index is 0.0208. The molecule has 51 heavy (non-hydrogen) atoms. The first kappa shape index (κ1) is 35.4. The third-order valence-electron chi connectivity index (χ3n) is 10.2. The molecule has 3 atom stereocenters. The number of para-hydroxylation sites is 1. The van der Waals surface area contributed by atoms with E-state index in [0.29, 0.717) is 50.1 Å². The molecular formula is C42H45N3O6. The van der Waals surface area contributed by atoms with Gasteiger partial charge in [-0.3, -0.25) is 14.4 Å². The maximum Gasteiger partial charge on any atom is 0.328 e. The molecule has 4 aromatic rings. The normalized spacial score (nSPS) is 19.3. The maximum absolute atomic E-state index is 14.8. The molecule has 1 heterocycles. The Labute approximate surface area is 299 Å². The van der Waals surface area contributed by atoms with Gasteiger partial charge in [0.15, 0.2) is 0 Å². The summed E-state index contributed by atoms with van der Waals surface area (Å²) in [7, 11) is 1.54. The van der Waals surface area contributed by atoms with Crippen LogP contribution >= 0.6 is 0 Å². The van der Waals surface area contributed by atoms with Crippen molar-refractivity contribution < 1.29 is 28.7 Å². The fourth-order valence-corrected chi connectivity index (χ4v) is 7.61. The number of amides is 3. The number of piperidine rings is 1. The van der Waals surface area contributed by atoms with Gasteiger partial charge >= 0.3 is 5.97 Å². The predicted octanol–water partition coefficient (Wildman–Crippen LogP) is 5.57. The molecule has 1 saturated heterocycles. The number of nitrogens with zero attached hydrogens (tertiary/aromatic N) is 1. The van der Waals surface area contributed by atoms with Crippen LogP contribution in [0.1, 0.15) is 71.1 Å². The van der Waals surface area contributed by atoms with Crippen LogP contribution in [-0.2, 0) is 31.0 Å². The molecule has 9 heteroatoms. The van der Waals surface area contributed by atoms with Crippen LogP contribution in [-0.4, -0.2) is 67.5 Å². The summed E-state index contributed by atoms with van der Waals surface area (Å²) in [6, 6.07) is 33.1. The molecule has 0 aromatic heterocycles. The van der Waals surface area contributed by atoms with E-state index in [9.17, 15) is 19.2 Å². The summed E-state index contributed by atoms with van der Waals surface area (Å²) in [6.07, 6.45) is 2.38. The maximum atomic E-state index is 14.8. The van der Waals surface area contributed by atoms with Crippen molar-refractivity contribution in [2.75, 3.05) is 26.8 Å². The van der Waals surface area contributed by atoms with Crippen LogP contribution in [0.25, 0.3) is 0 Å². The van der Waals surface area contributed by atoms with Crippen molar-refractivity contribution in [3.63, 3.8) is 0 Å². The zero-order chi connectivity index (χ0) is 35.8. The van der Waals surface area contributed by atoms with Crippen molar-refractivity contribution in [1.82, 2.24) is 15.5 Å². The highest BCUT2D eigenvalue weighted by Crippen LogP contribution is 2.48. The van der Waals surface area contributed by atoms with E-state index in [1.807, 2.05) is 95.9 Å². The number of methoxy groups -OCH3 is 1. The lowest BCUT2D eigenvalue weighted by Gasteiger charge is -2.43. The Morgan fingerprint density at radius 2 is 1.47 bits per heavy atom. The Morgan fingerprint density at radius 3 is 2.18 bits per heavy atom. The number of carbonyl (C=O) groups excluding carboxylic acids is 4. The van der Waals surface area contributed by atoms with Crippen LogP contribution in [0.4, 0.5) is 0 Å². The van der Waals surface area contributed by atoms with Gasteiger partial charge in [-0.05, 0) is 67.0 Å². The smallest absolute Gasteiger partial charge is 0.328 e. The number of carbonyl (C=O) groups is 4. The monoisotopic (exact) mass is 687 g/mol. The fraction of sp³-hybridized carbons (Fsp3) is 0.333. The highest BCUT2D eigenvalue weighted by atomic mass is 16.5. The van der Waals surface area contributed by atoms with Crippen molar-refractivity contribution in [2.24, 2.45) is 0 Å². The Morgan fingerprint density at radius 1 is 0.824 bits per heavy atom. The summed E-state index contributed by atoms with van der Waals surface area (Å²) in [6.45, 7) is 2.97. The zero-order valence-electron chi connectivity index (χ0n) is 29.2. The fourth-order valence-electron chi connectivity index (χ4n) is 7.61. The number of likely N-dealkylation sites (tertiary alicyclic amines) is 1. The summed E-state index contributed by atoms with van der Waals surface area (Å²) >= 11 is 0. The standard InChI is InChI=1S/C42H45N3O6/c1-3-51-40(48)36(28-29-14-6-4-7-15-29)44-41(49)42(30-16-8-5-9-17-30)25-22-33(32-18-10-12-20-35(32)42)39(47)45-26-23-31(24-27-45)43-38(46)34-19-11-13-21-37(34)50-2/h4-21,31,33,36H,3,22-28H2,1-2H3,(H,43,46)(H,44,49)/t33-,36+,42+/m0/s1. The van der Waals surface area contributed by atoms with E-state index in [4.69, 9.17) is 9.47 Å². The van der Waals surface area contributed by atoms with Gasteiger partial charge in [0.25, 0.3) is 5.91 Å². The zero-order valence-corrected chi connectivity index (χ0v) is 29.2. The molecule has 0 unspecified atom stereocenters. The first-order chi connectivity index (χ1) is 24.8. The molecule has 0 spiro atoms. The van der Waals surface area contributed by atoms with E-state index in [1.54, 1.807) is 32.2 Å². The van der Waals surface area contributed by atoms with E-state index < -0.39 is 23.3 Å². The second-order valence-electron chi connectivity index (χ2n) is 13.2. The molecule has 1 aliphatic heterocycles. The molecule has 2 N–H and O–H groups in total. The lowest BCUT2D eigenvalue weighted by atomic mass is 9.62. The molecule has 1 fully saturated rings. The van der Waals surface area contributed by atoms with Crippen molar-refractivity contribution in [2.45, 2.75) is 62.4 Å². The summed E-state index contributed by atoms with van der Waals surface area (Å²) in [5.74, 6) is -0.872. The number of rotatable bonds is 11. The SMILES string of the molecule is CCOC(=O)[C@@H](Cc1ccccc1)NC(=O)[C@@]1(c2ccccc2)CC[C@H](C(=O)N2CCC(NC(=O)c3ccccc3OC)CC2)c2ccccc21. The van der Waals surface area contributed by atoms with E-state index in [0.717, 1.165) is 22.3 Å². The highest BCUT2D eigenvalue weighted by molar-refractivity contribution is 5.98. The van der Waals surface area contributed by atoms with Crippen LogP contribution < -0.4 is 15.4 Å². The quantitative estimate of drug-likeness (QED) is 0.200. The summed E-state index contributed by atoms with van der Waals surface area (Å²) in [4.78, 5) is 57.2. The predicted molar refractivity (Wildman–Crippen MR) is 194 cm³/mol. The molecular weight excluding hydrogens is 642 g/mol. The Bertz CT molecular complexity index is 1840. The lowest BCUT2D eigenvalue weighted by Crippen LogP contribution is -2.54. The number of esters is 1. The lowest BCUT2D eigenvalue weighted by molar-refractivity contribution is -0.148. The molecule has 2 aliphatic rings. The van der Waals surface area contributed by atoms with Gasteiger partial charge < -0.3 is 25.0 Å². The molecule has 4 aromatic carbocycles. The second kappa shape index (κ2) is 16.1. The second-order valence-corrected chi connectivity index (χ2v) is 13.2. The summed E-state index contributed by atoms with van der Waals surface area (Å²) in [5, 5.41) is 6.21. The van der Waals surface area contributed by atoms with Gasteiger partial charge in [0.05, 0.1) is 30.6 Å². The van der Waals surface area contributed by atoms with Crippen molar-refractivity contribution in [1.29, 1.82) is 0 Å². The number of hydrogen-bond donors (Lipinski definition) is 2. The Kier molecular flexibility index (Phi) is 11.1. The van der Waals surface area contributed by atoms with Gasteiger partial charge in [0, 0.05) is 25.6 Å². The molecule has 9 nitrogen and oxygen atoms in total. The van der Waals surface area contributed by atoms with Crippen molar-refractivity contribution in [3.05, 3.63) is 137 Å². The number of ether oxygens (including phenoxy) is 2. The molecule has 0 saturated carbocycles.